The Morgan fingerprint density at radius 3 is 2.68 bits per heavy atom. The molecular formula is C19H26O3. The van der Waals surface area contributed by atoms with Gasteiger partial charge in [-0.15, -0.1) is 0 Å². The van der Waals surface area contributed by atoms with Gasteiger partial charge in [-0.3, -0.25) is 4.79 Å². The van der Waals surface area contributed by atoms with Gasteiger partial charge in [0.05, 0.1) is 12.2 Å². The Kier molecular flexibility index (Phi) is 3.03. The first-order valence-corrected chi connectivity index (χ1v) is 8.65. The molecule has 4 aliphatic carbocycles. The number of carbonyl (C=O) groups is 1. The molecule has 0 amide bonds. The Morgan fingerprint density at radius 2 is 1.91 bits per heavy atom. The summed E-state index contributed by atoms with van der Waals surface area (Å²) in [5, 5.41) is 20.3. The van der Waals surface area contributed by atoms with Gasteiger partial charge < -0.3 is 10.2 Å². The van der Waals surface area contributed by atoms with E-state index in [4.69, 9.17) is 0 Å². The Balaban J connectivity index is 1.75. The SMILES string of the molecule is C[C@]12C=CC(O)C=C1CC(=O)[C@@H]1[C@H]2CC[C@]2(C)C(O)CC[C@@H]12. The third-order valence-corrected chi connectivity index (χ3v) is 7.43. The summed E-state index contributed by atoms with van der Waals surface area (Å²) in [6.07, 6.45) is 9.39. The van der Waals surface area contributed by atoms with E-state index >= 15 is 0 Å². The minimum atomic E-state index is -0.547. The van der Waals surface area contributed by atoms with E-state index in [2.05, 4.69) is 19.9 Å². The normalized spacial score (nSPS) is 53.5. The van der Waals surface area contributed by atoms with Gasteiger partial charge in [0.15, 0.2) is 0 Å². The van der Waals surface area contributed by atoms with Crippen LogP contribution in [0.2, 0.25) is 0 Å². The third kappa shape index (κ3) is 1.73. The van der Waals surface area contributed by atoms with Crippen molar-refractivity contribution < 1.29 is 15.0 Å². The zero-order chi connectivity index (χ0) is 15.7. The van der Waals surface area contributed by atoms with Gasteiger partial charge in [0.2, 0.25) is 0 Å². The van der Waals surface area contributed by atoms with E-state index in [-0.39, 0.29) is 22.9 Å². The molecule has 0 saturated heterocycles. The van der Waals surface area contributed by atoms with E-state index < -0.39 is 6.10 Å². The maximum Gasteiger partial charge on any atom is 0.140 e. The molecule has 0 aromatic carbocycles. The molecule has 7 atom stereocenters. The fourth-order valence-electron chi connectivity index (χ4n) is 6.00. The number of carbonyl (C=O) groups excluding carboxylic acids is 1. The molecule has 2 unspecified atom stereocenters. The van der Waals surface area contributed by atoms with Crippen molar-refractivity contribution in [3.05, 3.63) is 23.8 Å². The van der Waals surface area contributed by atoms with Crippen molar-refractivity contribution in [1.82, 2.24) is 0 Å². The highest BCUT2D eigenvalue weighted by molar-refractivity contribution is 5.86. The molecule has 0 aromatic rings. The van der Waals surface area contributed by atoms with Gasteiger partial charge in [0.1, 0.15) is 5.78 Å². The molecule has 2 N–H and O–H groups in total. The van der Waals surface area contributed by atoms with Crippen LogP contribution < -0.4 is 0 Å². The van der Waals surface area contributed by atoms with Gasteiger partial charge in [-0.2, -0.15) is 0 Å². The molecule has 3 nitrogen and oxygen atoms in total. The number of ketones is 1. The average molecular weight is 302 g/mol. The van der Waals surface area contributed by atoms with Crippen LogP contribution in [0.4, 0.5) is 0 Å². The van der Waals surface area contributed by atoms with Crippen molar-refractivity contribution in [2.75, 3.05) is 0 Å². The van der Waals surface area contributed by atoms with Crippen LogP contribution in [0.25, 0.3) is 0 Å². The maximum atomic E-state index is 12.9. The summed E-state index contributed by atoms with van der Waals surface area (Å²) in [5.74, 6) is 1.07. The Hall–Kier alpha value is -0.930. The standard InChI is InChI=1S/C19H26O3/c1-18-7-5-12(20)9-11(18)10-15(21)17-13-3-4-16(22)19(13,2)8-6-14(17)18/h5,7,9,12-14,16-17,20,22H,3-4,6,8,10H2,1-2H3/t12?,13-,14+,16?,17-,18-,19-/m0/s1. The molecule has 0 spiro atoms. The summed E-state index contributed by atoms with van der Waals surface area (Å²) in [4.78, 5) is 12.9. The molecule has 4 aliphatic rings. The highest BCUT2D eigenvalue weighted by Gasteiger charge is 2.60. The molecule has 3 heteroatoms. The minimum absolute atomic E-state index is 0.0771. The van der Waals surface area contributed by atoms with Crippen LogP contribution >= 0.6 is 0 Å². The summed E-state index contributed by atoms with van der Waals surface area (Å²) in [6.45, 7) is 4.42. The van der Waals surface area contributed by atoms with Crippen LogP contribution in [-0.4, -0.2) is 28.2 Å². The summed E-state index contributed by atoms with van der Waals surface area (Å²) in [5.41, 5.74) is 0.940. The van der Waals surface area contributed by atoms with E-state index in [1.807, 2.05) is 12.2 Å². The lowest BCUT2D eigenvalue weighted by Crippen LogP contribution is -2.53. The number of Topliss-reactive ketones (excluding diaryl/α,β-unsaturated/α-hetero) is 1. The van der Waals surface area contributed by atoms with Gasteiger partial charge in [0, 0.05) is 17.8 Å². The number of hydrogen-bond donors (Lipinski definition) is 2. The van der Waals surface area contributed by atoms with Gasteiger partial charge in [-0.25, -0.2) is 0 Å². The first kappa shape index (κ1) is 14.6. The summed E-state index contributed by atoms with van der Waals surface area (Å²) in [7, 11) is 0. The topological polar surface area (TPSA) is 57.5 Å². The number of aliphatic hydroxyl groups excluding tert-OH is 2. The molecule has 0 bridgehead atoms. The molecule has 22 heavy (non-hydrogen) atoms. The second kappa shape index (κ2) is 4.55. The van der Waals surface area contributed by atoms with Gasteiger partial charge in [-0.1, -0.05) is 37.6 Å². The van der Waals surface area contributed by atoms with Crippen molar-refractivity contribution in [2.45, 2.75) is 58.2 Å². The van der Waals surface area contributed by atoms with Crippen LogP contribution in [0.5, 0.6) is 0 Å². The predicted octanol–water partition coefficient (Wildman–Crippen LogP) is 2.63. The molecule has 3 fully saturated rings. The molecule has 3 saturated carbocycles. The highest BCUT2D eigenvalue weighted by Crippen LogP contribution is 2.63. The van der Waals surface area contributed by atoms with Crippen molar-refractivity contribution in [2.24, 2.45) is 28.6 Å². The number of fused-ring (bicyclic) bond motifs is 5. The number of hydrogen-bond acceptors (Lipinski definition) is 3. The minimum Gasteiger partial charge on any atom is -0.393 e. The van der Waals surface area contributed by atoms with Crippen molar-refractivity contribution in [1.29, 1.82) is 0 Å². The maximum absolute atomic E-state index is 12.9. The van der Waals surface area contributed by atoms with Crippen LogP contribution in [-0.2, 0) is 4.79 Å². The van der Waals surface area contributed by atoms with E-state index in [0.717, 1.165) is 31.3 Å². The van der Waals surface area contributed by atoms with Crippen LogP contribution in [0, 0.1) is 28.6 Å². The van der Waals surface area contributed by atoms with Gasteiger partial charge in [-0.05, 0) is 42.9 Å². The molecule has 0 heterocycles. The van der Waals surface area contributed by atoms with E-state index in [1.165, 1.54) is 0 Å². The first-order valence-electron chi connectivity index (χ1n) is 8.65. The fourth-order valence-corrected chi connectivity index (χ4v) is 6.00. The predicted molar refractivity (Wildman–Crippen MR) is 84.0 cm³/mol. The summed E-state index contributed by atoms with van der Waals surface area (Å²) < 4.78 is 0. The third-order valence-electron chi connectivity index (χ3n) is 7.43. The molecule has 0 radical (unpaired) electrons. The second-order valence-electron chi connectivity index (χ2n) is 8.34. The molecule has 120 valence electrons. The van der Waals surface area contributed by atoms with Crippen molar-refractivity contribution >= 4 is 5.78 Å². The summed E-state index contributed by atoms with van der Waals surface area (Å²) >= 11 is 0. The zero-order valence-electron chi connectivity index (χ0n) is 13.5. The molecular weight excluding hydrogens is 276 g/mol. The number of allylic oxidation sites excluding steroid dienone is 2. The van der Waals surface area contributed by atoms with Crippen molar-refractivity contribution in [3.8, 4) is 0 Å². The Morgan fingerprint density at radius 1 is 1.14 bits per heavy atom. The van der Waals surface area contributed by atoms with Crippen LogP contribution in [0.1, 0.15) is 46.0 Å². The monoisotopic (exact) mass is 302 g/mol. The zero-order valence-corrected chi connectivity index (χ0v) is 13.5. The van der Waals surface area contributed by atoms with E-state index in [9.17, 15) is 15.0 Å². The van der Waals surface area contributed by atoms with Gasteiger partial charge >= 0.3 is 0 Å². The molecule has 0 aromatic heterocycles. The largest absolute Gasteiger partial charge is 0.393 e. The molecule has 0 aliphatic heterocycles. The fraction of sp³-hybridized carbons (Fsp3) is 0.737. The van der Waals surface area contributed by atoms with E-state index in [1.54, 1.807) is 0 Å². The Bertz CT molecular complexity index is 577. The number of aliphatic hydroxyl groups is 2. The van der Waals surface area contributed by atoms with Crippen LogP contribution in [0.3, 0.4) is 0 Å². The highest BCUT2D eigenvalue weighted by atomic mass is 16.3. The summed E-state index contributed by atoms with van der Waals surface area (Å²) in [6, 6.07) is 0. The first-order chi connectivity index (χ1) is 10.4. The lowest BCUT2D eigenvalue weighted by Gasteiger charge is -2.55. The lowest BCUT2D eigenvalue weighted by atomic mass is 9.48. The van der Waals surface area contributed by atoms with Crippen molar-refractivity contribution in [3.63, 3.8) is 0 Å². The van der Waals surface area contributed by atoms with Gasteiger partial charge in [0.25, 0.3) is 0 Å². The lowest BCUT2D eigenvalue weighted by molar-refractivity contribution is -0.139. The number of rotatable bonds is 0. The average Bonchev–Trinajstić information content (AvgIpc) is 2.77. The smallest absolute Gasteiger partial charge is 0.140 e. The Labute approximate surface area is 132 Å². The van der Waals surface area contributed by atoms with E-state index in [0.29, 0.717) is 24.0 Å². The quantitative estimate of drug-likeness (QED) is 0.676. The second-order valence-corrected chi connectivity index (χ2v) is 8.34. The molecule has 4 rings (SSSR count). The van der Waals surface area contributed by atoms with Crippen LogP contribution in [0.15, 0.2) is 23.8 Å².